The maximum absolute atomic E-state index is 14.9. The lowest BCUT2D eigenvalue weighted by Crippen LogP contribution is -2.46. The molecule has 4 rings (SSSR count). The van der Waals surface area contributed by atoms with Gasteiger partial charge in [0, 0.05) is 50.1 Å². The number of hydrogen-bond donors (Lipinski definition) is 2. The second-order valence-corrected chi connectivity index (χ2v) is 7.66. The Kier molecular flexibility index (Phi) is 7.38. The molecule has 2 aromatic carbocycles. The van der Waals surface area contributed by atoms with Crippen molar-refractivity contribution >= 4 is 17.8 Å². The molecular formula is C23H21F4N5O4. The van der Waals surface area contributed by atoms with Gasteiger partial charge in [0.15, 0.2) is 11.6 Å². The zero-order valence-electron chi connectivity index (χ0n) is 18.9. The number of carbonyl (C=O) groups excluding carboxylic acids is 2. The van der Waals surface area contributed by atoms with Crippen LogP contribution in [0.5, 0.6) is 11.5 Å². The minimum absolute atomic E-state index is 0.0248. The molecule has 13 heteroatoms. The first-order chi connectivity index (χ1) is 17.3. The second-order valence-electron chi connectivity index (χ2n) is 7.66. The molecule has 1 aliphatic heterocycles. The number of alkyl halides is 2. The Morgan fingerprint density at radius 1 is 1.06 bits per heavy atom. The van der Waals surface area contributed by atoms with E-state index >= 15 is 0 Å². The van der Waals surface area contributed by atoms with Crippen molar-refractivity contribution in [1.82, 2.24) is 19.8 Å². The molecule has 36 heavy (non-hydrogen) atoms. The number of halogens is 4. The molecule has 2 N–H and O–H groups in total. The molecule has 0 radical (unpaired) electrons. The lowest BCUT2D eigenvalue weighted by molar-refractivity contribution is -0.0498. The van der Waals surface area contributed by atoms with Gasteiger partial charge in [-0.1, -0.05) is 0 Å². The Morgan fingerprint density at radius 3 is 2.28 bits per heavy atom. The summed E-state index contributed by atoms with van der Waals surface area (Å²) in [6.07, 6.45) is 1.13. The highest BCUT2D eigenvalue weighted by molar-refractivity contribution is 6.04. The van der Waals surface area contributed by atoms with Gasteiger partial charge in [-0.15, -0.1) is 0 Å². The summed E-state index contributed by atoms with van der Waals surface area (Å²) in [7, 11) is 1.25. The van der Waals surface area contributed by atoms with Crippen LogP contribution in [0.4, 0.5) is 23.5 Å². The van der Waals surface area contributed by atoms with Gasteiger partial charge < -0.3 is 19.7 Å². The van der Waals surface area contributed by atoms with Gasteiger partial charge in [-0.3, -0.25) is 19.5 Å². The Morgan fingerprint density at radius 2 is 1.69 bits per heavy atom. The quantitative estimate of drug-likeness (QED) is 0.478. The van der Waals surface area contributed by atoms with E-state index in [-0.39, 0.29) is 28.7 Å². The van der Waals surface area contributed by atoms with Gasteiger partial charge in [-0.25, -0.2) is 13.8 Å². The summed E-state index contributed by atoms with van der Waals surface area (Å²) in [4.78, 5) is 31.5. The maximum atomic E-state index is 14.9. The zero-order valence-corrected chi connectivity index (χ0v) is 18.9. The van der Waals surface area contributed by atoms with Crippen molar-refractivity contribution in [3.63, 3.8) is 0 Å². The molecule has 0 unspecified atom stereocenters. The van der Waals surface area contributed by atoms with Crippen molar-refractivity contribution in [3.05, 3.63) is 65.5 Å². The summed E-state index contributed by atoms with van der Waals surface area (Å²) in [6.45, 7) is -1.07. The van der Waals surface area contributed by atoms with E-state index in [1.54, 1.807) is 0 Å². The third-order valence-electron chi connectivity index (χ3n) is 5.36. The molecule has 1 saturated heterocycles. The van der Waals surface area contributed by atoms with Crippen LogP contribution in [0.3, 0.4) is 0 Å². The number of benzene rings is 2. The molecule has 3 aromatic rings. The van der Waals surface area contributed by atoms with E-state index in [9.17, 15) is 27.2 Å². The van der Waals surface area contributed by atoms with Crippen LogP contribution >= 0.6 is 0 Å². The van der Waals surface area contributed by atoms with Crippen molar-refractivity contribution in [2.24, 2.45) is 0 Å². The Balaban J connectivity index is 1.69. The van der Waals surface area contributed by atoms with Gasteiger partial charge in [0.1, 0.15) is 22.9 Å². The van der Waals surface area contributed by atoms with Gasteiger partial charge in [0.25, 0.3) is 11.8 Å². The van der Waals surface area contributed by atoms with Crippen molar-refractivity contribution in [2.75, 3.05) is 38.6 Å². The molecular weight excluding hydrogens is 486 g/mol. The van der Waals surface area contributed by atoms with Gasteiger partial charge in [0.2, 0.25) is 5.95 Å². The van der Waals surface area contributed by atoms with Crippen LogP contribution in [0, 0.1) is 11.6 Å². The molecule has 0 bridgehead atoms. The molecule has 1 aromatic heterocycles. The van der Waals surface area contributed by atoms with E-state index in [0.29, 0.717) is 26.2 Å². The molecule has 0 aliphatic carbocycles. The number of methoxy groups -OCH3 is 1. The minimum Gasteiger partial charge on any atom is -0.497 e. The first-order valence-electron chi connectivity index (χ1n) is 10.8. The van der Waals surface area contributed by atoms with Crippen LogP contribution in [-0.4, -0.2) is 66.2 Å². The fourth-order valence-electron chi connectivity index (χ4n) is 3.62. The predicted octanol–water partition coefficient (Wildman–Crippen LogP) is 3.06. The van der Waals surface area contributed by atoms with Crippen LogP contribution in [0.15, 0.2) is 42.6 Å². The number of aromatic nitrogens is 2. The number of rotatable bonds is 7. The molecule has 2 heterocycles. The van der Waals surface area contributed by atoms with Crippen molar-refractivity contribution in [2.45, 2.75) is 6.61 Å². The van der Waals surface area contributed by atoms with Crippen LogP contribution in [-0.2, 0) is 0 Å². The summed E-state index contributed by atoms with van der Waals surface area (Å²) in [6, 6.07) is 6.67. The highest BCUT2D eigenvalue weighted by Gasteiger charge is 2.26. The maximum Gasteiger partial charge on any atom is 0.387 e. The SMILES string of the molecule is COc1cc(F)c(-n2cc(C(=O)N3CCNCC3)nc2NC(=O)c2ccc(OC(F)F)cc2)c(F)c1. The Bertz CT molecular complexity index is 1240. The highest BCUT2D eigenvalue weighted by Crippen LogP contribution is 2.28. The lowest BCUT2D eigenvalue weighted by Gasteiger charge is -2.26. The van der Waals surface area contributed by atoms with Crippen molar-refractivity contribution in [3.8, 4) is 17.2 Å². The molecule has 9 nitrogen and oxygen atoms in total. The fourth-order valence-corrected chi connectivity index (χ4v) is 3.62. The minimum atomic E-state index is -3.03. The largest absolute Gasteiger partial charge is 0.497 e. The average Bonchev–Trinajstić information content (AvgIpc) is 3.26. The number of ether oxygens (including phenoxy) is 2. The highest BCUT2D eigenvalue weighted by atomic mass is 19.3. The number of amides is 2. The Hall–Kier alpha value is -4.13. The predicted molar refractivity (Wildman–Crippen MR) is 120 cm³/mol. The van der Waals surface area contributed by atoms with Gasteiger partial charge in [-0.2, -0.15) is 8.78 Å². The summed E-state index contributed by atoms with van der Waals surface area (Å²) >= 11 is 0. The van der Waals surface area contributed by atoms with Crippen LogP contribution in [0.25, 0.3) is 5.69 Å². The third kappa shape index (κ3) is 5.40. The molecule has 2 amide bonds. The molecule has 1 fully saturated rings. The summed E-state index contributed by atoms with van der Waals surface area (Å²) in [5, 5.41) is 5.53. The second kappa shape index (κ2) is 10.6. The first-order valence-corrected chi connectivity index (χ1v) is 10.8. The van der Waals surface area contributed by atoms with E-state index in [1.807, 2.05) is 0 Å². The van der Waals surface area contributed by atoms with E-state index in [2.05, 4.69) is 20.4 Å². The molecule has 0 atom stereocenters. The van der Waals surface area contributed by atoms with Crippen LogP contribution < -0.4 is 20.1 Å². The number of hydrogen-bond acceptors (Lipinski definition) is 6. The number of carbonyl (C=O) groups is 2. The van der Waals surface area contributed by atoms with Gasteiger partial charge in [-0.05, 0) is 24.3 Å². The summed E-state index contributed by atoms with van der Waals surface area (Å²) in [5.41, 5.74) is -0.696. The van der Waals surface area contributed by atoms with Crippen molar-refractivity contribution < 1.29 is 36.6 Å². The van der Waals surface area contributed by atoms with E-state index in [0.717, 1.165) is 35.0 Å². The number of imidazole rings is 1. The molecule has 0 spiro atoms. The monoisotopic (exact) mass is 507 g/mol. The van der Waals surface area contributed by atoms with Crippen molar-refractivity contribution in [1.29, 1.82) is 0 Å². The van der Waals surface area contributed by atoms with E-state index < -0.39 is 35.7 Å². The zero-order chi connectivity index (χ0) is 25.8. The average molecular weight is 507 g/mol. The molecule has 1 aliphatic rings. The first kappa shape index (κ1) is 25.0. The van der Waals surface area contributed by atoms with Gasteiger partial charge in [0.05, 0.1) is 7.11 Å². The lowest BCUT2D eigenvalue weighted by atomic mass is 10.2. The standard InChI is InChI=1S/C23H21F4N5O4/c1-35-15-10-16(24)19(17(25)11-15)32-12-18(21(34)31-8-6-28-7-9-31)29-23(32)30-20(33)13-2-4-14(5-3-13)36-22(26)27/h2-5,10-12,22,28H,6-9H2,1H3,(H,29,30,33). The fraction of sp³-hybridized carbons (Fsp3) is 0.261. The topological polar surface area (TPSA) is 97.7 Å². The normalized spacial score (nSPS) is 13.6. The summed E-state index contributed by atoms with van der Waals surface area (Å²) in [5.74, 6) is -3.83. The van der Waals surface area contributed by atoms with Gasteiger partial charge >= 0.3 is 6.61 Å². The summed E-state index contributed by atoms with van der Waals surface area (Å²) < 4.78 is 64.6. The number of anilines is 1. The molecule has 190 valence electrons. The smallest absolute Gasteiger partial charge is 0.387 e. The number of nitrogens with one attached hydrogen (secondary N) is 2. The Labute approximate surface area is 202 Å². The number of piperazine rings is 1. The van der Waals surface area contributed by atoms with E-state index in [1.165, 1.54) is 24.1 Å². The number of nitrogens with zero attached hydrogens (tertiary/aromatic N) is 3. The van der Waals surface area contributed by atoms with Crippen LogP contribution in [0.1, 0.15) is 20.8 Å². The van der Waals surface area contributed by atoms with Crippen LogP contribution in [0.2, 0.25) is 0 Å². The molecule has 0 saturated carbocycles. The van der Waals surface area contributed by atoms with E-state index in [4.69, 9.17) is 4.74 Å². The third-order valence-corrected chi connectivity index (χ3v) is 5.36.